The lowest BCUT2D eigenvalue weighted by Gasteiger charge is -2.26. The average molecular weight is 338 g/mol. The molecule has 0 aromatic heterocycles. The molecule has 0 aliphatic carbocycles. The first-order valence-corrected chi connectivity index (χ1v) is 9.59. The number of ether oxygens (including phenoxy) is 2. The van der Waals surface area contributed by atoms with Gasteiger partial charge < -0.3 is 9.47 Å². The first-order chi connectivity index (χ1) is 12.2. The van der Waals surface area contributed by atoms with Crippen molar-refractivity contribution in [1.29, 1.82) is 0 Å². The van der Waals surface area contributed by atoms with Crippen LogP contribution in [-0.4, -0.2) is 19.0 Å². The molecule has 0 radical (unpaired) electrons. The minimum atomic E-state index is -0.00228. The number of rotatable bonds is 7. The minimum Gasteiger partial charge on any atom is -0.353 e. The van der Waals surface area contributed by atoms with E-state index < -0.39 is 0 Å². The Labute approximate surface area is 152 Å². The molecule has 2 aromatic rings. The van der Waals surface area contributed by atoms with Crippen LogP contribution in [0.5, 0.6) is 0 Å². The lowest BCUT2D eigenvalue weighted by atomic mass is 10.0. The maximum absolute atomic E-state index is 6.02. The summed E-state index contributed by atoms with van der Waals surface area (Å²) in [5.41, 5.74) is 5.46. The summed E-state index contributed by atoms with van der Waals surface area (Å²) < 4.78 is 11.7. The van der Waals surface area contributed by atoms with E-state index in [1.54, 1.807) is 0 Å². The molecule has 1 fully saturated rings. The second kappa shape index (κ2) is 9.17. The summed E-state index contributed by atoms with van der Waals surface area (Å²) in [5, 5.41) is 0. The fraction of sp³-hybridized carbons (Fsp3) is 0.478. The Hall–Kier alpha value is -1.64. The van der Waals surface area contributed by atoms with Gasteiger partial charge in [-0.2, -0.15) is 0 Å². The van der Waals surface area contributed by atoms with Crippen LogP contribution in [0.2, 0.25) is 0 Å². The molecular weight excluding hydrogens is 308 g/mol. The van der Waals surface area contributed by atoms with E-state index >= 15 is 0 Å². The van der Waals surface area contributed by atoms with Crippen LogP contribution in [0.3, 0.4) is 0 Å². The smallest absolute Gasteiger partial charge is 0.157 e. The van der Waals surface area contributed by atoms with Crippen LogP contribution in [0.25, 0.3) is 0 Å². The largest absolute Gasteiger partial charge is 0.353 e. The molecule has 0 bridgehead atoms. The van der Waals surface area contributed by atoms with Gasteiger partial charge in [-0.3, -0.25) is 0 Å². The van der Waals surface area contributed by atoms with E-state index in [4.69, 9.17) is 9.47 Å². The Bertz CT molecular complexity index is 624. The Morgan fingerprint density at radius 3 is 2.12 bits per heavy atom. The van der Waals surface area contributed by atoms with Crippen molar-refractivity contribution in [3.63, 3.8) is 0 Å². The molecule has 2 atom stereocenters. The first kappa shape index (κ1) is 18.2. The van der Waals surface area contributed by atoms with Crippen molar-refractivity contribution in [3.05, 3.63) is 70.8 Å². The van der Waals surface area contributed by atoms with Gasteiger partial charge in [0.25, 0.3) is 0 Å². The van der Waals surface area contributed by atoms with Gasteiger partial charge in [-0.05, 0) is 69.1 Å². The molecule has 25 heavy (non-hydrogen) atoms. The predicted octanol–water partition coefficient (Wildman–Crippen LogP) is 5.25. The zero-order valence-corrected chi connectivity index (χ0v) is 15.5. The number of benzene rings is 2. The van der Waals surface area contributed by atoms with Crippen LogP contribution in [0.4, 0.5) is 0 Å². The summed E-state index contributed by atoms with van der Waals surface area (Å²) >= 11 is 0. The number of aryl methyl sites for hydroxylation is 3. The maximum atomic E-state index is 6.02. The molecule has 0 amide bonds. The van der Waals surface area contributed by atoms with E-state index in [1.165, 1.54) is 28.7 Å². The molecule has 1 heterocycles. The quantitative estimate of drug-likeness (QED) is 0.686. The summed E-state index contributed by atoms with van der Waals surface area (Å²) in [4.78, 5) is 0. The van der Waals surface area contributed by atoms with E-state index in [9.17, 15) is 0 Å². The third-order valence-corrected chi connectivity index (χ3v) is 4.89. The van der Waals surface area contributed by atoms with Gasteiger partial charge in [0.05, 0.1) is 6.10 Å². The second-order valence-electron chi connectivity index (χ2n) is 7.25. The van der Waals surface area contributed by atoms with Gasteiger partial charge in [-0.1, -0.05) is 54.1 Å². The van der Waals surface area contributed by atoms with E-state index in [1.807, 2.05) is 0 Å². The Kier molecular flexibility index (Phi) is 6.66. The van der Waals surface area contributed by atoms with Gasteiger partial charge in [0.2, 0.25) is 0 Å². The molecule has 3 rings (SSSR count). The van der Waals surface area contributed by atoms with Crippen LogP contribution in [-0.2, 0) is 28.7 Å². The first-order valence-electron chi connectivity index (χ1n) is 9.59. The maximum Gasteiger partial charge on any atom is 0.157 e. The summed E-state index contributed by atoms with van der Waals surface area (Å²) in [6, 6.07) is 17.8. The highest BCUT2D eigenvalue weighted by molar-refractivity contribution is 5.26. The lowest BCUT2D eigenvalue weighted by molar-refractivity contribution is -0.183. The van der Waals surface area contributed by atoms with Crippen molar-refractivity contribution < 1.29 is 9.47 Å². The monoisotopic (exact) mass is 338 g/mol. The van der Waals surface area contributed by atoms with E-state index in [0.717, 1.165) is 38.7 Å². The van der Waals surface area contributed by atoms with Gasteiger partial charge >= 0.3 is 0 Å². The van der Waals surface area contributed by atoms with Gasteiger partial charge in [0.15, 0.2) is 6.29 Å². The van der Waals surface area contributed by atoms with Crippen molar-refractivity contribution >= 4 is 0 Å². The fourth-order valence-corrected chi connectivity index (χ4v) is 3.34. The average Bonchev–Trinajstić information content (AvgIpc) is 2.63. The standard InChI is InChI=1S/C23H30O2/c1-18-6-8-20(9-7-18)10-11-21-12-14-22(15-13-21)17-19(2)25-23-5-3-4-16-24-23/h6-9,12-15,19,23H,3-5,10-11,16-17H2,1-2H3. The molecular formula is C23H30O2. The van der Waals surface area contributed by atoms with E-state index in [0.29, 0.717) is 0 Å². The van der Waals surface area contributed by atoms with E-state index in [-0.39, 0.29) is 12.4 Å². The van der Waals surface area contributed by atoms with Crippen LogP contribution in [0.1, 0.15) is 48.4 Å². The summed E-state index contributed by atoms with van der Waals surface area (Å²) in [6.07, 6.45) is 6.73. The molecule has 2 aromatic carbocycles. The predicted molar refractivity (Wildman–Crippen MR) is 103 cm³/mol. The normalized spacial score (nSPS) is 18.9. The highest BCUT2D eigenvalue weighted by Crippen LogP contribution is 2.18. The molecule has 0 spiro atoms. The minimum absolute atomic E-state index is 0.00228. The van der Waals surface area contributed by atoms with Gasteiger partial charge in [0, 0.05) is 6.61 Å². The highest BCUT2D eigenvalue weighted by atomic mass is 16.7. The molecule has 2 heteroatoms. The van der Waals surface area contributed by atoms with Gasteiger partial charge in [-0.15, -0.1) is 0 Å². The fourth-order valence-electron chi connectivity index (χ4n) is 3.34. The van der Waals surface area contributed by atoms with Crippen LogP contribution < -0.4 is 0 Å². The van der Waals surface area contributed by atoms with Crippen LogP contribution in [0, 0.1) is 6.92 Å². The molecule has 1 saturated heterocycles. The molecule has 2 nitrogen and oxygen atoms in total. The van der Waals surface area contributed by atoms with Gasteiger partial charge in [0.1, 0.15) is 0 Å². The third kappa shape index (κ3) is 5.98. The van der Waals surface area contributed by atoms with Crippen molar-refractivity contribution in [3.8, 4) is 0 Å². The van der Waals surface area contributed by atoms with Crippen molar-refractivity contribution in [1.82, 2.24) is 0 Å². The third-order valence-electron chi connectivity index (χ3n) is 4.89. The Morgan fingerprint density at radius 2 is 1.52 bits per heavy atom. The summed E-state index contributed by atoms with van der Waals surface area (Å²) in [5.74, 6) is 0. The lowest BCUT2D eigenvalue weighted by Crippen LogP contribution is -2.27. The van der Waals surface area contributed by atoms with E-state index in [2.05, 4.69) is 62.4 Å². The Morgan fingerprint density at radius 1 is 0.920 bits per heavy atom. The summed E-state index contributed by atoms with van der Waals surface area (Å²) in [6.45, 7) is 5.12. The number of hydrogen-bond acceptors (Lipinski definition) is 2. The van der Waals surface area contributed by atoms with Crippen LogP contribution >= 0.6 is 0 Å². The SMILES string of the molecule is Cc1ccc(CCc2ccc(CC(C)OC3CCCCO3)cc2)cc1. The van der Waals surface area contributed by atoms with Gasteiger partial charge in [-0.25, -0.2) is 0 Å². The molecule has 1 aliphatic heterocycles. The zero-order valence-electron chi connectivity index (χ0n) is 15.5. The molecule has 134 valence electrons. The van der Waals surface area contributed by atoms with Crippen molar-refractivity contribution in [2.24, 2.45) is 0 Å². The topological polar surface area (TPSA) is 18.5 Å². The molecule has 2 unspecified atom stereocenters. The molecule has 1 aliphatic rings. The summed E-state index contributed by atoms with van der Waals surface area (Å²) in [7, 11) is 0. The Balaban J connectivity index is 1.45. The van der Waals surface area contributed by atoms with Crippen LogP contribution in [0.15, 0.2) is 48.5 Å². The highest BCUT2D eigenvalue weighted by Gasteiger charge is 2.17. The second-order valence-corrected chi connectivity index (χ2v) is 7.25. The molecule has 0 saturated carbocycles. The van der Waals surface area contributed by atoms with Crippen molar-refractivity contribution in [2.75, 3.05) is 6.61 Å². The zero-order chi connectivity index (χ0) is 17.5. The number of hydrogen-bond donors (Lipinski definition) is 0. The molecule has 0 N–H and O–H groups in total. The van der Waals surface area contributed by atoms with Crippen molar-refractivity contribution in [2.45, 2.75) is 64.8 Å².